The largest absolute Gasteiger partial charge is 0.369 e. The molecule has 2 aromatic heterocycles. The molecule has 6 rings (SSSR count). The van der Waals surface area contributed by atoms with E-state index >= 15 is 0 Å². The van der Waals surface area contributed by atoms with Gasteiger partial charge in [-0.25, -0.2) is 4.98 Å². The maximum Gasteiger partial charge on any atom is 0.195 e. The third-order valence-electron chi connectivity index (χ3n) is 7.82. The smallest absolute Gasteiger partial charge is 0.195 e. The SMILES string of the molecule is CC1(C)c2cc(N3CCN(C4CCC4)CC3)ccc2C(=O)c2c1[nH]c1nc(C#N)ccc21. The zero-order valence-corrected chi connectivity index (χ0v) is 18.6. The van der Waals surface area contributed by atoms with Gasteiger partial charge in [0.05, 0.1) is 5.56 Å². The van der Waals surface area contributed by atoms with E-state index in [2.05, 4.69) is 51.8 Å². The van der Waals surface area contributed by atoms with E-state index in [1.165, 1.54) is 24.9 Å². The van der Waals surface area contributed by atoms with E-state index in [9.17, 15) is 10.1 Å². The summed E-state index contributed by atoms with van der Waals surface area (Å²) < 4.78 is 0. The van der Waals surface area contributed by atoms with Crippen molar-refractivity contribution in [3.05, 3.63) is 58.4 Å². The van der Waals surface area contributed by atoms with Gasteiger partial charge in [-0.15, -0.1) is 0 Å². The fraction of sp³-hybridized carbons (Fsp3) is 0.423. The molecule has 0 spiro atoms. The highest BCUT2D eigenvalue weighted by Crippen LogP contribution is 2.44. The number of H-pyrrole nitrogens is 1. The number of fused-ring (bicyclic) bond motifs is 4. The average Bonchev–Trinajstić information content (AvgIpc) is 3.17. The quantitative estimate of drug-likeness (QED) is 0.672. The summed E-state index contributed by atoms with van der Waals surface area (Å²) in [5.41, 5.74) is 5.19. The molecule has 0 atom stereocenters. The summed E-state index contributed by atoms with van der Waals surface area (Å²) in [7, 11) is 0. The number of nitriles is 1. The van der Waals surface area contributed by atoms with Gasteiger partial charge in [-0.2, -0.15) is 5.26 Å². The van der Waals surface area contributed by atoms with Crippen LogP contribution in [0.4, 0.5) is 5.69 Å². The molecule has 32 heavy (non-hydrogen) atoms. The lowest BCUT2D eigenvalue weighted by Gasteiger charge is -2.44. The van der Waals surface area contributed by atoms with Crippen molar-refractivity contribution in [3.63, 3.8) is 0 Å². The Morgan fingerprint density at radius 3 is 2.59 bits per heavy atom. The molecular weight excluding hydrogens is 398 g/mol. The number of carbonyl (C=O) groups is 1. The average molecular weight is 426 g/mol. The van der Waals surface area contributed by atoms with Crippen LogP contribution in [0.3, 0.4) is 0 Å². The molecule has 0 unspecified atom stereocenters. The number of rotatable bonds is 2. The fourth-order valence-corrected chi connectivity index (χ4v) is 5.65. The van der Waals surface area contributed by atoms with Crippen LogP contribution in [0.15, 0.2) is 30.3 Å². The zero-order valence-electron chi connectivity index (χ0n) is 18.6. The highest BCUT2D eigenvalue weighted by Gasteiger charge is 2.40. The summed E-state index contributed by atoms with van der Waals surface area (Å²) in [6, 6.07) is 12.7. The number of benzene rings is 1. The van der Waals surface area contributed by atoms with Crippen molar-refractivity contribution in [2.45, 2.75) is 44.6 Å². The highest BCUT2D eigenvalue weighted by atomic mass is 16.1. The molecule has 2 aliphatic carbocycles. The predicted molar refractivity (Wildman–Crippen MR) is 124 cm³/mol. The number of ketones is 1. The monoisotopic (exact) mass is 425 g/mol. The maximum atomic E-state index is 13.5. The van der Waals surface area contributed by atoms with Gasteiger partial charge in [0.2, 0.25) is 0 Å². The fourth-order valence-electron chi connectivity index (χ4n) is 5.65. The van der Waals surface area contributed by atoms with Crippen molar-refractivity contribution in [2.24, 2.45) is 0 Å². The Balaban J connectivity index is 1.37. The molecule has 1 saturated carbocycles. The second-order valence-corrected chi connectivity index (χ2v) is 9.87. The Morgan fingerprint density at radius 1 is 1.12 bits per heavy atom. The van der Waals surface area contributed by atoms with Gasteiger partial charge >= 0.3 is 0 Å². The summed E-state index contributed by atoms with van der Waals surface area (Å²) in [5, 5.41) is 10.0. The van der Waals surface area contributed by atoms with E-state index in [1.807, 2.05) is 12.1 Å². The molecule has 1 aliphatic heterocycles. The first-order valence-corrected chi connectivity index (χ1v) is 11.6. The van der Waals surface area contributed by atoms with Crippen LogP contribution in [0.5, 0.6) is 0 Å². The minimum Gasteiger partial charge on any atom is -0.369 e. The summed E-state index contributed by atoms with van der Waals surface area (Å²) in [6.45, 7) is 8.61. The molecule has 6 nitrogen and oxygen atoms in total. The van der Waals surface area contributed by atoms with Crippen molar-refractivity contribution in [3.8, 4) is 6.07 Å². The van der Waals surface area contributed by atoms with Crippen LogP contribution in [-0.2, 0) is 5.41 Å². The van der Waals surface area contributed by atoms with Crippen LogP contribution in [0.2, 0.25) is 0 Å². The van der Waals surface area contributed by atoms with Crippen LogP contribution in [-0.4, -0.2) is 52.9 Å². The lowest BCUT2D eigenvalue weighted by Crippen LogP contribution is -2.52. The van der Waals surface area contributed by atoms with Gasteiger partial charge in [0.1, 0.15) is 17.4 Å². The molecule has 1 saturated heterocycles. The first kappa shape index (κ1) is 19.5. The zero-order chi connectivity index (χ0) is 22.0. The van der Waals surface area contributed by atoms with Gasteiger partial charge in [0, 0.05) is 60.0 Å². The van der Waals surface area contributed by atoms with E-state index in [1.54, 1.807) is 6.07 Å². The van der Waals surface area contributed by atoms with Crippen LogP contribution >= 0.6 is 0 Å². The number of piperazine rings is 1. The normalized spacial score (nSPS) is 20.5. The van der Waals surface area contributed by atoms with Gasteiger partial charge in [-0.3, -0.25) is 9.69 Å². The summed E-state index contributed by atoms with van der Waals surface area (Å²) >= 11 is 0. The van der Waals surface area contributed by atoms with Crippen LogP contribution in [0.1, 0.15) is 66.0 Å². The molecule has 3 aromatic rings. The molecule has 1 aromatic carbocycles. The molecule has 0 radical (unpaired) electrons. The predicted octanol–water partition coefficient (Wildman–Crippen LogP) is 3.98. The Labute approximate surface area is 187 Å². The van der Waals surface area contributed by atoms with Crippen molar-refractivity contribution < 1.29 is 4.79 Å². The number of hydrogen-bond acceptors (Lipinski definition) is 5. The Bertz CT molecular complexity index is 1290. The molecule has 1 N–H and O–H groups in total. The van der Waals surface area contributed by atoms with Crippen molar-refractivity contribution in [1.29, 1.82) is 5.26 Å². The Hall–Kier alpha value is -3.17. The van der Waals surface area contributed by atoms with Crippen LogP contribution in [0.25, 0.3) is 11.0 Å². The number of pyridine rings is 1. The van der Waals surface area contributed by atoms with Crippen molar-refractivity contribution in [1.82, 2.24) is 14.9 Å². The number of aromatic amines is 1. The van der Waals surface area contributed by atoms with Crippen LogP contribution in [0, 0.1) is 11.3 Å². The van der Waals surface area contributed by atoms with Gasteiger partial charge in [0.15, 0.2) is 5.78 Å². The maximum absolute atomic E-state index is 13.5. The molecule has 3 aliphatic rings. The lowest BCUT2D eigenvalue weighted by atomic mass is 9.71. The van der Waals surface area contributed by atoms with Gasteiger partial charge in [-0.05, 0) is 48.7 Å². The molecule has 2 fully saturated rings. The second kappa shape index (κ2) is 6.91. The molecule has 6 heteroatoms. The molecular formula is C26H27N5O. The molecule has 162 valence electrons. The second-order valence-electron chi connectivity index (χ2n) is 9.87. The third-order valence-corrected chi connectivity index (χ3v) is 7.82. The number of nitrogens with one attached hydrogen (secondary N) is 1. The molecule has 0 amide bonds. The van der Waals surface area contributed by atoms with Crippen LogP contribution < -0.4 is 4.90 Å². The highest BCUT2D eigenvalue weighted by molar-refractivity contribution is 6.19. The Morgan fingerprint density at radius 2 is 1.91 bits per heavy atom. The topological polar surface area (TPSA) is 76.0 Å². The summed E-state index contributed by atoms with van der Waals surface area (Å²) in [5.74, 6) is 0.0356. The van der Waals surface area contributed by atoms with Crippen molar-refractivity contribution >= 4 is 22.5 Å². The minimum absolute atomic E-state index is 0.0356. The third kappa shape index (κ3) is 2.74. The van der Waals surface area contributed by atoms with E-state index in [4.69, 9.17) is 0 Å². The standard InChI is InChI=1S/C26H27N5O/c1-26(2)21-14-18(31-12-10-30(11-13-31)17-4-3-5-17)7-9-19(21)23(32)22-20-8-6-16(15-27)28-25(20)29-24(22)26/h6-9,14,17H,3-5,10-13H2,1-2H3,(H,28,29). The van der Waals surface area contributed by atoms with E-state index in [0.29, 0.717) is 16.9 Å². The molecule has 0 bridgehead atoms. The number of aromatic nitrogens is 2. The Kier molecular flexibility index (Phi) is 4.22. The molecule has 3 heterocycles. The van der Waals surface area contributed by atoms with E-state index < -0.39 is 0 Å². The number of nitrogens with zero attached hydrogens (tertiary/aromatic N) is 4. The summed E-state index contributed by atoms with van der Waals surface area (Å²) in [6.07, 6.45) is 4.08. The number of hydrogen-bond donors (Lipinski definition) is 1. The van der Waals surface area contributed by atoms with E-state index in [0.717, 1.165) is 54.4 Å². The van der Waals surface area contributed by atoms with Gasteiger partial charge < -0.3 is 9.88 Å². The first-order chi connectivity index (χ1) is 15.5. The van der Waals surface area contributed by atoms with E-state index in [-0.39, 0.29) is 11.2 Å². The minimum atomic E-state index is -0.365. The van der Waals surface area contributed by atoms with Gasteiger partial charge in [-0.1, -0.05) is 20.3 Å². The number of carbonyl (C=O) groups excluding carboxylic acids is 1. The van der Waals surface area contributed by atoms with Gasteiger partial charge in [0.25, 0.3) is 0 Å². The summed E-state index contributed by atoms with van der Waals surface area (Å²) in [4.78, 5) is 26.4. The lowest BCUT2D eigenvalue weighted by molar-refractivity contribution is 0.103. The first-order valence-electron chi connectivity index (χ1n) is 11.6. The number of anilines is 1. The van der Waals surface area contributed by atoms with Crippen molar-refractivity contribution in [2.75, 3.05) is 31.1 Å².